The standard InChI is InChI=1S/C51H62F3N7O7/c1-10-41(62)59-27-50(52,51(53,54)28-59)48(66)58(8)43(30(3)4)45(63)56-39-24-32-15-12-16-33(23-32)34-19-20-40-36(25-34)37(44(60(40)11-2)35-17-13-21-55-42(35)31(5)67-9)26-49(6,7)29-68-47(65)38-18-14-22-61(57-38)46(39)64/h10,12-13,15-17,19-21,23,25,30-31,38-39,43,57H,1,11,14,18,22,24,26-29H2,2-9H3,(H,56,63)/t31-,38-,39-,43?,50+/m0/s1. The molecule has 1 unspecified atom stereocenters. The Balaban J connectivity index is 1.30. The largest absolute Gasteiger partial charge is 0.464 e. The van der Waals surface area contributed by atoms with Crippen LogP contribution in [0.1, 0.15) is 77.3 Å². The summed E-state index contributed by atoms with van der Waals surface area (Å²) in [4.78, 5) is 74.9. The molecule has 68 heavy (non-hydrogen) atoms. The summed E-state index contributed by atoms with van der Waals surface area (Å²) < 4.78 is 61.1. The van der Waals surface area contributed by atoms with E-state index >= 15 is 13.2 Å². The lowest BCUT2D eigenvalue weighted by atomic mass is 9.84. The van der Waals surface area contributed by atoms with Gasteiger partial charge in [0.1, 0.15) is 18.1 Å². The number of hydrazine groups is 1. The normalized spacial score (nSPS) is 22.6. The monoisotopic (exact) mass is 941 g/mol. The molecule has 5 heterocycles. The SMILES string of the molecule is C=CC(=O)N1CC(F)(F)[C@](F)(C(=O)N(C)C(C(=O)N[C@H]2Cc3cccc(c3)-c3ccc4c(c3)c(c(-c3cccnc3[C@H](C)OC)n4CC)CC(C)(C)COC(=O)[C@@H]3CCCN(N3)C2=O)C(C)C)C1. The van der Waals surface area contributed by atoms with E-state index in [1.807, 2.05) is 57.2 Å². The topological polar surface area (TPSA) is 155 Å². The van der Waals surface area contributed by atoms with Crippen molar-refractivity contribution in [3.63, 3.8) is 0 Å². The molecule has 3 aliphatic rings. The summed E-state index contributed by atoms with van der Waals surface area (Å²) in [6.45, 7) is 12.9. The van der Waals surface area contributed by atoms with Gasteiger partial charge in [-0.1, -0.05) is 64.6 Å². The summed E-state index contributed by atoms with van der Waals surface area (Å²) in [6.07, 6.45) is 3.48. The van der Waals surface area contributed by atoms with Crippen LogP contribution in [0.2, 0.25) is 0 Å². The fourth-order valence-corrected chi connectivity index (χ4v) is 9.88. The summed E-state index contributed by atoms with van der Waals surface area (Å²) in [5.41, 5.74) is 5.76. The minimum Gasteiger partial charge on any atom is -0.464 e. The zero-order chi connectivity index (χ0) is 49.5. The number of fused-ring (bicyclic) bond motifs is 6. The number of pyridine rings is 1. The molecule has 0 spiro atoms. The smallest absolute Gasteiger partial charge is 0.324 e. The second-order valence-corrected chi connectivity index (χ2v) is 19.4. The van der Waals surface area contributed by atoms with Crippen LogP contribution in [-0.2, 0) is 52.8 Å². The molecule has 3 aliphatic heterocycles. The molecule has 2 N–H and O–H groups in total. The number of aromatic nitrogens is 2. The maximum absolute atomic E-state index is 16.3. The third-order valence-corrected chi connectivity index (χ3v) is 13.5. The number of likely N-dealkylation sites (tertiary alicyclic amines) is 1. The minimum absolute atomic E-state index is 0.0580. The number of cyclic esters (lactones) is 1. The molecule has 14 nitrogen and oxygen atoms in total. The molecule has 4 amide bonds. The van der Waals surface area contributed by atoms with Gasteiger partial charge in [-0.3, -0.25) is 34.0 Å². The summed E-state index contributed by atoms with van der Waals surface area (Å²) in [5, 5.41) is 5.06. The van der Waals surface area contributed by atoms with E-state index < -0.39 is 83.7 Å². The number of nitrogens with zero attached hydrogens (tertiary/aromatic N) is 5. The van der Waals surface area contributed by atoms with E-state index in [0.29, 0.717) is 41.2 Å². The molecule has 2 fully saturated rings. The minimum atomic E-state index is -4.27. The third kappa shape index (κ3) is 9.51. The van der Waals surface area contributed by atoms with E-state index in [2.05, 4.69) is 47.0 Å². The maximum atomic E-state index is 16.3. The summed E-state index contributed by atoms with van der Waals surface area (Å²) in [6, 6.07) is 14.1. The molecule has 0 aliphatic carbocycles. The second kappa shape index (κ2) is 19.5. The Kier molecular flexibility index (Phi) is 14.3. The molecule has 4 aromatic rings. The van der Waals surface area contributed by atoms with Crippen LogP contribution >= 0.6 is 0 Å². The number of aryl methyl sites for hydroxylation is 1. The molecule has 7 rings (SSSR count). The number of hydrogen-bond donors (Lipinski definition) is 2. The molecular weight excluding hydrogens is 880 g/mol. The van der Waals surface area contributed by atoms with Crippen LogP contribution < -0.4 is 10.7 Å². The van der Waals surface area contributed by atoms with Gasteiger partial charge in [-0.2, -0.15) is 0 Å². The van der Waals surface area contributed by atoms with Crippen molar-refractivity contribution in [3.05, 3.63) is 90.3 Å². The average Bonchev–Trinajstić information content (AvgIpc) is 3.76. The van der Waals surface area contributed by atoms with Gasteiger partial charge in [-0.25, -0.2) is 18.6 Å². The van der Waals surface area contributed by atoms with Crippen LogP contribution in [0.3, 0.4) is 0 Å². The van der Waals surface area contributed by atoms with E-state index in [1.165, 1.54) is 5.01 Å². The number of rotatable bonds is 10. The molecule has 17 heteroatoms. The number of nitrogens with one attached hydrogen (secondary N) is 2. The van der Waals surface area contributed by atoms with Gasteiger partial charge in [0.15, 0.2) is 0 Å². The van der Waals surface area contributed by atoms with Crippen LogP contribution in [-0.4, -0.2) is 124 Å². The van der Waals surface area contributed by atoms with Crippen molar-refractivity contribution in [2.45, 2.75) is 110 Å². The highest BCUT2D eigenvalue weighted by molar-refractivity contribution is 5.97. The van der Waals surface area contributed by atoms with Gasteiger partial charge in [0.2, 0.25) is 11.8 Å². The molecule has 2 aromatic heterocycles. The van der Waals surface area contributed by atoms with Crippen molar-refractivity contribution in [2.24, 2.45) is 11.3 Å². The fourth-order valence-electron chi connectivity index (χ4n) is 9.88. The predicted octanol–water partition coefficient (Wildman–Crippen LogP) is 6.60. The number of halogens is 3. The lowest BCUT2D eigenvalue weighted by molar-refractivity contribution is -0.169. The number of carbonyl (C=O) groups is 5. The van der Waals surface area contributed by atoms with E-state index in [-0.39, 0.29) is 25.7 Å². The molecule has 2 saturated heterocycles. The van der Waals surface area contributed by atoms with Crippen LogP contribution in [0.15, 0.2) is 73.4 Å². The van der Waals surface area contributed by atoms with Gasteiger partial charge in [-0.05, 0) is 91.6 Å². The van der Waals surface area contributed by atoms with Crippen molar-refractivity contribution in [1.29, 1.82) is 0 Å². The Morgan fingerprint density at radius 1 is 1.06 bits per heavy atom. The lowest BCUT2D eigenvalue weighted by Crippen LogP contribution is -2.64. The summed E-state index contributed by atoms with van der Waals surface area (Å²) >= 11 is 0. The molecule has 5 atom stereocenters. The van der Waals surface area contributed by atoms with Crippen molar-refractivity contribution >= 4 is 40.5 Å². The third-order valence-electron chi connectivity index (χ3n) is 13.5. The van der Waals surface area contributed by atoms with Crippen LogP contribution in [0, 0.1) is 11.3 Å². The van der Waals surface area contributed by atoms with Crippen molar-refractivity contribution in [2.75, 3.05) is 40.4 Å². The zero-order valence-corrected chi connectivity index (χ0v) is 40.0. The Bertz CT molecular complexity index is 2620. The highest BCUT2D eigenvalue weighted by Gasteiger charge is 2.68. The van der Waals surface area contributed by atoms with Gasteiger partial charge >= 0.3 is 11.9 Å². The number of esters is 1. The van der Waals surface area contributed by atoms with E-state index in [1.54, 1.807) is 27.2 Å². The van der Waals surface area contributed by atoms with Crippen molar-refractivity contribution < 1.29 is 46.6 Å². The van der Waals surface area contributed by atoms with Crippen LogP contribution in [0.5, 0.6) is 0 Å². The highest BCUT2D eigenvalue weighted by Crippen LogP contribution is 2.43. The maximum Gasteiger partial charge on any atom is 0.324 e. The van der Waals surface area contributed by atoms with Crippen LogP contribution in [0.25, 0.3) is 33.3 Å². The van der Waals surface area contributed by atoms with Crippen molar-refractivity contribution in [1.82, 2.24) is 35.1 Å². The van der Waals surface area contributed by atoms with E-state index in [4.69, 9.17) is 14.5 Å². The van der Waals surface area contributed by atoms with Gasteiger partial charge in [0, 0.05) is 61.7 Å². The Hall–Kier alpha value is -6.07. The van der Waals surface area contributed by atoms with Gasteiger partial charge in [-0.15, -0.1) is 0 Å². The Morgan fingerprint density at radius 2 is 1.79 bits per heavy atom. The number of hydrogen-bond acceptors (Lipinski definition) is 9. The number of likely N-dealkylation sites (N-methyl/N-ethyl adjacent to an activating group) is 1. The number of methoxy groups -OCH3 is 1. The van der Waals surface area contributed by atoms with Crippen molar-refractivity contribution in [3.8, 4) is 22.4 Å². The molecule has 364 valence electrons. The Morgan fingerprint density at radius 3 is 2.49 bits per heavy atom. The highest BCUT2D eigenvalue weighted by atomic mass is 19.3. The van der Waals surface area contributed by atoms with Gasteiger partial charge in [0.05, 0.1) is 37.2 Å². The number of amides is 4. The number of carbonyl (C=O) groups excluding carboxylic acids is 5. The van der Waals surface area contributed by atoms with Gasteiger partial charge in [0.25, 0.3) is 17.5 Å². The molecular formula is C51H62F3N7O7. The number of benzene rings is 2. The number of alkyl halides is 3. The molecule has 0 saturated carbocycles. The lowest BCUT2D eigenvalue weighted by Gasteiger charge is -2.38. The zero-order valence-electron chi connectivity index (χ0n) is 40.0. The fraction of sp³-hybridized carbons (Fsp3) is 0.490. The van der Waals surface area contributed by atoms with Gasteiger partial charge < -0.3 is 29.2 Å². The first kappa shape index (κ1) is 49.8. The quantitative estimate of drug-likeness (QED) is 0.132. The van der Waals surface area contributed by atoms with E-state index in [9.17, 15) is 24.0 Å². The molecule has 2 aromatic carbocycles. The first-order chi connectivity index (χ1) is 32.1. The predicted molar refractivity (Wildman–Crippen MR) is 251 cm³/mol. The first-order valence-electron chi connectivity index (χ1n) is 23.2. The summed E-state index contributed by atoms with van der Waals surface area (Å²) in [7, 11) is 2.71. The summed E-state index contributed by atoms with van der Waals surface area (Å²) in [5.74, 6) is -9.72. The van der Waals surface area contributed by atoms with Crippen LogP contribution in [0.4, 0.5) is 13.2 Å². The Labute approximate surface area is 395 Å². The average molecular weight is 942 g/mol. The first-order valence-corrected chi connectivity index (χ1v) is 23.2. The van der Waals surface area contributed by atoms with E-state index in [0.717, 1.165) is 57.7 Å². The number of ether oxygens (including phenoxy) is 2. The molecule has 0 radical (unpaired) electrons. The molecule has 6 bridgehead atoms. The second-order valence-electron chi connectivity index (χ2n) is 19.4.